The number of amides is 9. The molecule has 11 atom stereocenters. The number of nitrogens with one attached hydrogen (secondary N) is 9. The van der Waals surface area contributed by atoms with Gasteiger partial charge in [0.25, 0.3) is 0 Å². The molecule has 69 heavy (non-hydrogen) atoms. The van der Waals surface area contributed by atoms with Crippen molar-refractivity contribution in [1.29, 1.82) is 0 Å². The molecule has 0 fully saturated rings. The predicted octanol–water partition coefficient (Wildman–Crippen LogP) is -1.87. The zero-order valence-electron chi connectivity index (χ0n) is 42.1. The number of aliphatic hydroxyl groups is 1. The Labute approximate surface area is 404 Å². The fourth-order valence-electron chi connectivity index (χ4n) is 6.60. The molecule has 1 unspecified atom stereocenters. The molecule has 0 aromatic rings. The topological polar surface area (TPSA) is 383 Å². The molecule has 394 valence electrons. The number of aliphatic carboxylic acids is 2. The second-order valence-electron chi connectivity index (χ2n) is 18.7. The van der Waals surface area contributed by atoms with Gasteiger partial charge in [0.1, 0.15) is 42.3 Å². The fourth-order valence-corrected chi connectivity index (χ4v) is 6.60. The van der Waals surface area contributed by atoms with Crippen molar-refractivity contribution in [3.05, 3.63) is 0 Å². The summed E-state index contributed by atoms with van der Waals surface area (Å²) in [5.74, 6) is -11.3. The molecular weight excluding hydrogens is 905 g/mol. The van der Waals surface area contributed by atoms with E-state index in [0.717, 1.165) is 0 Å². The largest absolute Gasteiger partial charge is 0.481 e. The summed E-state index contributed by atoms with van der Waals surface area (Å²) in [6, 6.07) is -10.0. The smallest absolute Gasteiger partial charge is 0.326 e. The molecule has 9 amide bonds. The van der Waals surface area contributed by atoms with E-state index < -0.39 is 150 Å². The van der Waals surface area contributed by atoms with Gasteiger partial charge in [0.05, 0.1) is 25.2 Å². The van der Waals surface area contributed by atoms with E-state index >= 15 is 0 Å². The van der Waals surface area contributed by atoms with Gasteiger partial charge in [-0.25, -0.2) is 4.79 Å². The van der Waals surface area contributed by atoms with Crippen LogP contribution in [-0.2, 0) is 52.7 Å². The molecule has 0 radical (unpaired) electrons. The van der Waals surface area contributed by atoms with E-state index in [1.54, 1.807) is 69.2 Å². The minimum atomic E-state index is -1.58. The van der Waals surface area contributed by atoms with Gasteiger partial charge in [-0.3, -0.25) is 47.9 Å². The normalized spacial score (nSPS) is 16.1. The Morgan fingerprint density at radius 2 is 0.884 bits per heavy atom. The highest BCUT2D eigenvalue weighted by molar-refractivity contribution is 5.97. The number of carbonyl (C=O) groups excluding carboxylic acids is 9. The van der Waals surface area contributed by atoms with Gasteiger partial charge >= 0.3 is 11.9 Å². The van der Waals surface area contributed by atoms with Crippen LogP contribution in [0.3, 0.4) is 0 Å². The zero-order chi connectivity index (χ0) is 53.5. The second-order valence-corrected chi connectivity index (χ2v) is 18.7. The summed E-state index contributed by atoms with van der Waals surface area (Å²) in [6.07, 6.45) is -0.924. The van der Waals surface area contributed by atoms with Gasteiger partial charge in [0, 0.05) is 6.42 Å². The summed E-state index contributed by atoms with van der Waals surface area (Å²) in [7, 11) is 0. The average molecular weight is 985 g/mol. The predicted molar refractivity (Wildman–Crippen MR) is 252 cm³/mol. The Kier molecular flexibility index (Phi) is 28.6. The number of rotatable bonds is 32. The van der Waals surface area contributed by atoms with Crippen LogP contribution >= 0.6 is 0 Å². The number of hydrogen-bond acceptors (Lipinski definition) is 13. The van der Waals surface area contributed by atoms with Crippen LogP contribution in [0.1, 0.15) is 122 Å². The number of carbonyl (C=O) groups is 11. The highest BCUT2D eigenvalue weighted by Gasteiger charge is 2.36. The minimum absolute atomic E-state index is 0.0737. The maximum absolute atomic E-state index is 13.8. The van der Waals surface area contributed by atoms with Crippen LogP contribution in [0.5, 0.6) is 0 Å². The highest BCUT2D eigenvalue weighted by Crippen LogP contribution is 2.13. The first-order valence-electron chi connectivity index (χ1n) is 23.5. The van der Waals surface area contributed by atoms with Crippen molar-refractivity contribution in [2.45, 2.75) is 176 Å². The SMILES string of the molecule is CC[C@H](C)C(NC(=O)CNC(=O)[C@H](C)NC(=O)[C@H](CC(C)C)NC(=O)[C@@H](N)CCC(=O)O)C(=O)NCC(=O)N[C@H](C(=O)N[C@@H](CC(C)C)C(=O)N[C@H](C(=O)N[C@H](C(=O)O)C(C)C)[C@@H](C)O)[C@@H](C)CC. The second kappa shape index (κ2) is 31.3. The molecular formula is C45H80N10O14. The zero-order valence-corrected chi connectivity index (χ0v) is 42.1. The highest BCUT2D eigenvalue weighted by atomic mass is 16.4. The van der Waals surface area contributed by atoms with Gasteiger partial charge in [0.2, 0.25) is 53.2 Å². The van der Waals surface area contributed by atoms with Crippen LogP contribution < -0.4 is 53.6 Å². The van der Waals surface area contributed by atoms with Gasteiger partial charge in [0.15, 0.2) is 0 Å². The molecule has 0 spiro atoms. The van der Waals surface area contributed by atoms with E-state index in [-0.39, 0.29) is 37.5 Å². The lowest BCUT2D eigenvalue weighted by atomic mass is 9.96. The molecule has 24 heteroatoms. The first-order chi connectivity index (χ1) is 32.0. The van der Waals surface area contributed by atoms with E-state index in [1.807, 2.05) is 0 Å². The lowest BCUT2D eigenvalue weighted by molar-refractivity contribution is -0.144. The van der Waals surface area contributed by atoms with Crippen LogP contribution in [0.4, 0.5) is 0 Å². The van der Waals surface area contributed by atoms with E-state index in [0.29, 0.717) is 12.8 Å². The maximum Gasteiger partial charge on any atom is 0.326 e. The third-order valence-electron chi connectivity index (χ3n) is 11.2. The summed E-state index contributed by atoms with van der Waals surface area (Å²) >= 11 is 0. The Bertz CT molecular complexity index is 1780. The van der Waals surface area contributed by atoms with Gasteiger partial charge in [-0.1, -0.05) is 82.1 Å². The number of hydrogen-bond donors (Lipinski definition) is 13. The van der Waals surface area contributed by atoms with Crippen LogP contribution in [0.25, 0.3) is 0 Å². The number of aliphatic hydroxyl groups excluding tert-OH is 1. The lowest BCUT2D eigenvalue weighted by Gasteiger charge is -2.29. The molecule has 0 aliphatic rings. The van der Waals surface area contributed by atoms with E-state index in [2.05, 4.69) is 47.9 Å². The summed E-state index contributed by atoms with van der Waals surface area (Å²) in [5, 5.41) is 51.1. The van der Waals surface area contributed by atoms with Crippen LogP contribution in [-0.4, -0.2) is 148 Å². The van der Waals surface area contributed by atoms with Crippen molar-refractivity contribution in [3.8, 4) is 0 Å². The summed E-state index contributed by atoms with van der Waals surface area (Å²) < 4.78 is 0. The fraction of sp³-hybridized carbons (Fsp3) is 0.756. The number of carboxylic acid groups (broad SMARTS) is 2. The molecule has 0 saturated carbocycles. The molecule has 0 aliphatic carbocycles. The molecule has 24 nitrogen and oxygen atoms in total. The third-order valence-corrected chi connectivity index (χ3v) is 11.2. The monoisotopic (exact) mass is 985 g/mol. The summed E-state index contributed by atoms with van der Waals surface area (Å²) in [4.78, 5) is 141. The Morgan fingerprint density at radius 3 is 1.29 bits per heavy atom. The first-order valence-corrected chi connectivity index (χ1v) is 23.5. The minimum Gasteiger partial charge on any atom is -0.481 e. The standard InChI is InChI=1S/C45H80N10O14/c1-13-24(9)35(52-31(57)19-47-38(61)26(11)49-40(63)29(17-21(3)4)50-39(62)28(46)15-16-33(59)60)42(65)48-20-32(58)53-36(25(10)14-2)43(66)51-30(18-22(5)6)41(64)55-37(27(12)56)44(67)54-34(23(7)8)45(68)69/h21-30,34-37,56H,13-20,46H2,1-12H3,(H,47,61)(H,48,65)(H,49,63)(H,50,62)(H,51,66)(H,52,57)(H,53,58)(H,54,67)(H,55,64)(H,59,60)(H,68,69)/t24-,25-,26-,27+,28-,29-,30-,34-,35?,36-,37-/m0/s1. The molecule has 0 saturated heterocycles. The Balaban J connectivity index is 5.76. The van der Waals surface area contributed by atoms with Crippen molar-refractivity contribution < 1.29 is 68.1 Å². The van der Waals surface area contributed by atoms with E-state index in [1.165, 1.54) is 13.8 Å². The number of nitrogens with two attached hydrogens (primary N) is 1. The van der Waals surface area contributed by atoms with Crippen molar-refractivity contribution in [1.82, 2.24) is 47.9 Å². The molecule has 0 aliphatic heterocycles. The average Bonchev–Trinajstić information content (AvgIpc) is 3.26. The van der Waals surface area contributed by atoms with E-state index in [9.17, 15) is 63.0 Å². The van der Waals surface area contributed by atoms with Crippen LogP contribution in [0.15, 0.2) is 0 Å². The summed E-state index contributed by atoms with van der Waals surface area (Å²) in [5.41, 5.74) is 5.79. The van der Waals surface area contributed by atoms with Gasteiger partial charge < -0.3 is 68.9 Å². The Morgan fingerprint density at radius 1 is 0.478 bits per heavy atom. The van der Waals surface area contributed by atoms with Gasteiger partial charge in [-0.15, -0.1) is 0 Å². The molecule has 0 heterocycles. The van der Waals surface area contributed by atoms with Crippen molar-refractivity contribution in [2.24, 2.45) is 35.3 Å². The molecule has 14 N–H and O–H groups in total. The molecule has 0 bridgehead atoms. The lowest BCUT2D eigenvalue weighted by Crippen LogP contribution is -2.61. The quantitative estimate of drug-likeness (QED) is 0.0351. The van der Waals surface area contributed by atoms with Gasteiger partial charge in [-0.05, 0) is 62.7 Å². The third kappa shape index (κ3) is 23.8. The van der Waals surface area contributed by atoms with Crippen molar-refractivity contribution >= 4 is 65.1 Å². The maximum atomic E-state index is 13.8. The molecule has 0 aromatic heterocycles. The van der Waals surface area contributed by atoms with Crippen LogP contribution in [0.2, 0.25) is 0 Å². The van der Waals surface area contributed by atoms with Gasteiger partial charge in [-0.2, -0.15) is 0 Å². The van der Waals surface area contributed by atoms with Crippen molar-refractivity contribution in [2.75, 3.05) is 13.1 Å². The Hall–Kier alpha value is -5.91. The van der Waals surface area contributed by atoms with Crippen molar-refractivity contribution in [3.63, 3.8) is 0 Å². The molecule has 0 aromatic carbocycles. The van der Waals surface area contributed by atoms with Crippen LogP contribution in [0, 0.1) is 29.6 Å². The number of carboxylic acids is 2. The summed E-state index contributed by atoms with van der Waals surface area (Å²) in [6.45, 7) is 18.5. The first kappa shape index (κ1) is 63.1. The molecule has 0 rings (SSSR count). The van der Waals surface area contributed by atoms with E-state index in [4.69, 9.17) is 10.8 Å².